The first kappa shape index (κ1) is 9.73. The molecule has 0 radical (unpaired) electrons. The molecule has 0 amide bonds. The van der Waals surface area contributed by atoms with Gasteiger partial charge >= 0.3 is 0 Å². The highest BCUT2D eigenvalue weighted by Crippen LogP contribution is 2.28. The fourth-order valence-electron chi connectivity index (χ4n) is 1.32. The van der Waals surface area contributed by atoms with E-state index in [0.717, 1.165) is 4.47 Å². The third kappa shape index (κ3) is 1.69. The van der Waals surface area contributed by atoms with Crippen LogP contribution in [-0.4, -0.2) is 9.78 Å². The molecule has 0 aliphatic carbocycles. The number of thiophene rings is 1. The van der Waals surface area contributed by atoms with E-state index in [0.29, 0.717) is 5.82 Å². The molecule has 1 unspecified atom stereocenters. The molecule has 0 fully saturated rings. The van der Waals surface area contributed by atoms with Crippen molar-refractivity contribution in [1.29, 1.82) is 0 Å². The van der Waals surface area contributed by atoms with Gasteiger partial charge < -0.3 is 5.73 Å². The minimum atomic E-state index is 0.196. The van der Waals surface area contributed by atoms with Crippen molar-refractivity contribution in [3.63, 3.8) is 0 Å². The van der Waals surface area contributed by atoms with Gasteiger partial charge in [0.15, 0.2) is 0 Å². The molecule has 2 rings (SSSR count). The quantitative estimate of drug-likeness (QED) is 0.913. The van der Waals surface area contributed by atoms with Crippen molar-refractivity contribution < 1.29 is 0 Å². The predicted octanol–water partition coefficient (Wildman–Crippen LogP) is 2.90. The Morgan fingerprint density at radius 1 is 1.64 bits per heavy atom. The van der Waals surface area contributed by atoms with Gasteiger partial charge in [0.05, 0.1) is 12.2 Å². The van der Waals surface area contributed by atoms with E-state index in [2.05, 4.69) is 39.4 Å². The highest BCUT2D eigenvalue weighted by atomic mass is 79.9. The SMILES string of the molecule is CC(c1cc(Br)cs1)n1nccc1N. The van der Waals surface area contributed by atoms with Crippen LogP contribution in [0, 0.1) is 0 Å². The highest BCUT2D eigenvalue weighted by Gasteiger charge is 2.12. The molecule has 2 aromatic heterocycles. The molecule has 0 bridgehead atoms. The van der Waals surface area contributed by atoms with E-state index >= 15 is 0 Å². The van der Waals surface area contributed by atoms with E-state index < -0.39 is 0 Å². The number of nitrogens with two attached hydrogens (primary N) is 1. The molecule has 2 N–H and O–H groups in total. The first-order valence-electron chi connectivity index (χ1n) is 4.21. The van der Waals surface area contributed by atoms with Crippen LogP contribution in [0.15, 0.2) is 28.2 Å². The molecule has 5 heteroatoms. The zero-order valence-corrected chi connectivity index (χ0v) is 10.0. The summed E-state index contributed by atoms with van der Waals surface area (Å²) >= 11 is 5.13. The Morgan fingerprint density at radius 2 is 2.43 bits per heavy atom. The number of anilines is 1. The minimum absolute atomic E-state index is 0.196. The molecule has 1 atom stereocenters. The second kappa shape index (κ2) is 3.74. The average Bonchev–Trinajstić information content (AvgIpc) is 2.73. The second-order valence-corrected chi connectivity index (χ2v) is 4.90. The lowest BCUT2D eigenvalue weighted by Gasteiger charge is -2.11. The van der Waals surface area contributed by atoms with Crippen molar-refractivity contribution in [2.75, 3.05) is 5.73 Å². The molecular formula is C9H10BrN3S. The van der Waals surface area contributed by atoms with E-state index in [-0.39, 0.29) is 6.04 Å². The van der Waals surface area contributed by atoms with Gasteiger partial charge in [-0.25, -0.2) is 4.68 Å². The van der Waals surface area contributed by atoms with Crippen LogP contribution in [0.1, 0.15) is 17.8 Å². The Labute approximate surface area is 94.7 Å². The summed E-state index contributed by atoms with van der Waals surface area (Å²) in [7, 11) is 0. The van der Waals surface area contributed by atoms with Gasteiger partial charge in [-0.2, -0.15) is 5.10 Å². The fraction of sp³-hybridized carbons (Fsp3) is 0.222. The van der Waals surface area contributed by atoms with Gasteiger partial charge in [-0.05, 0) is 35.0 Å². The van der Waals surface area contributed by atoms with Crippen molar-refractivity contribution in [3.8, 4) is 0 Å². The molecule has 0 saturated heterocycles. The molecule has 0 aromatic carbocycles. The third-order valence-electron chi connectivity index (χ3n) is 2.07. The summed E-state index contributed by atoms with van der Waals surface area (Å²) in [6, 6.07) is 4.09. The Morgan fingerprint density at radius 3 is 2.93 bits per heavy atom. The van der Waals surface area contributed by atoms with Crippen LogP contribution in [0.4, 0.5) is 5.82 Å². The van der Waals surface area contributed by atoms with Crippen LogP contribution < -0.4 is 5.73 Å². The molecule has 0 saturated carbocycles. The largest absolute Gasteiger partial charge is 0.384 e. The Bertz CT molecular complexity index is 435. The summed E-state index contributed by atoms with van der Waals surface area (Å²) in [5.41, 5.74) is 5.78. The van der Waals surface area contributed by atoms with Crippen LogP contribution in [0.25, 0.3) is 0 Å². The van der Waals surface area contributed by atoms with E-state index in [1.54, 1.807) is 23.6 Å². The molecule has 0 aliphatic heterocycles. The van der Waals surface area contributed by atoms with Crippen molar-refractivity contribution in [1.82, 2.24) is 9.78 Å². The molecule has 0 spiro atoms. The Balaban J connectivity index is 2.33. The van der Waals surface area contributed by atoms with Gasteiger partial charge in [0.2, 0.25) is 0 Å². The average molecular weight is 272 g/mol. The molecule has 2 aromatic rings. The number of hydrogen-bond donors (Lipinski definition) is 1. The van der Waals surface area contributed by atoms with Crippen molar-refractivity contribution >= 4 is 33.1 Å². The van der Waals surface area contributed by atoms with E-state index in [4.69, 9.17) is 5.73 Å². The van der Waals surface area contributed by atoms with E-state index in [1.165, 1.54) is 4.88 Å². The van der Waals surface area contributed by atoms with Gasteiger partial charge in [0.1, 0.15) is 5.82 Å². The summed E-state index contributed by atoms with van der Waals surface area (Å²) in [4.78, 5) is 1.24. The zero-order valence-electron chi connectivity index (χ0n) is 7.64. The lowest BCUT2D eigenvalue weighted by atomic mass is 10.3. The van der Waals surface area contributed by atoms with Gasteiger partial charge in [-0.15, -0.1) is 11.3 Å². The van der Waals surface area contributed by atoms with Gasteiger partial charge in [0, 0.05) is 14.7 Å². The Kier molecular flexibility index (Phi) is 2.60. The number of aromatic nitrogens is 2. The number of rotatable bonds is 2. The van der Waals surface area contributed by atoms with Gasteiger partial charge in [0.25, 0.3) is 0 Å². The topological polar surface area (TPSA) is 43.8 Å². The monoisotopic (exact) mass is 271 g/mol. The van der Waals surface area contributed by atoms with Crippen molar-refractivity contribution in [2.24, 2.45) is 0 Å². The highest BCUT2D eigenvalue weighted by molar-refractivity contribution is 9.10. The number of nitrogens with zero attached hydrogens (tertiary/aromatic N) is 2. The van der Waals surface area contributed by atoms with Crippen LogP contribution >= 0.6 is 27.3 Å². The Hall–Kier alpha value is -0.810. The maximum absolute atomic E-state index is 5.78. The lowest BCUT2D eigenvalue weighted by molar-refractivity contribution is 0.581. The summed E-state index contributed by atoms with van der Waals surface area (Å²) in [5.74, 6) is 0.696. The van der Waals surface area contributed by atoms with Gasteiger partial charge in [-0.1, -0.05) is 0 Å². The van der Waals surface area contributed by atoms with Crippen LogP contribution in [0.5, 0.6) is 0 Å². The third-order valence-corrected chi connectivity index (χ3v) is 3.93. The molecule has 14 heavy (non-hydrogen) atoms. The van der Waals surface area contributed by atoms with Crippen LogP contribution in [-0.2, 0) is 0 Å². The predicted molar refractivity (Wildman–Crippen MR) is 62.5 cm³/mol. The summed E-state index contributed by atoms with van der Waals surface area (Å²) < 4.78 is 2.92. The van der Waals surface area contributed by atoms with E-state index in [1.807, 2.05) is 4.68 Å². The fourth-order valence-corrected chi connectivity index (χ4v) is 2.80. The minimum Gasteiger partial charge on any atom is -0.384 e. The molecular weight excluding hydrogens is 262 g/mol. The van der Waals surface area contributed by atoms with Crippen molar-refractivity contribution in [2.45, 2.75) is 13.0 Å². The molecule has 74 valence electrons. The van der Waals surface area contributed by atoms with Crippen LogP contribution in [0.3, 0.4) is 0 Å². The lowest BCUT2D eigenvalue weighted by Crippen LogP contribution is -2.09. The smallest absolute Gasteiger partial charge is 0.122 e. The van der Waals surface area contributed by atoms with E-state index in [9.17, 15) is 0 Å². The number of hydrogen-bond acceptors (Lipinski definition) is 3. The second-order valence-electron chi connectivity index (χ2n) is 3.04. The van der Waals surface area contributed by atoms with Crippen molar-refractivity contribution in [3.05, 3.63) is 33.1 Å². The maximum atomic E-state index is 5.78. The molecule has 0 aliphatic rings. The summed E-state index contributed by atoms with van der Waals surface area (Å²) in [5, 5.41) is 6.25. The number of nitrogen functional groups attached to an aromatic ring is 1. The standard InChI is InChI=1S/C9H10BrN3S/c1-6(8-4-7(10)5-14-8)13-9(11)2-3-12-13/h2-6H,11H2,1H3. The van der Waals surface area contributed by atoms with Crippen LogP contribution in [0.2, 0.25) is 0 Å². The first-order valence-corrected chi connectivity index (χ1v) is 5.88. The normalized spacial score (nSPS) is 13.0. The molecule has 3 nitrogen and oxygen atoms in total. The first-order chi connectivity index (χ1) is 6.68. The number of halogens is 1. The zero-order chi connectivity index (χ0) is 10.1. The summed E-state index contributed by atoms with van der Waals surface area (Å²) in [6.45, 7) is 2.08. The molecule has 2 heterocycles. The maximum Gasteiger partial charge on any atom is 0.122 e. The van der Waals surface area contributed by atoms with Gasteiger partial charge in [-0.3, -0.25) is 0 Å². The summed E-state index contributed by atoms with van der Waals surface area (Å²) in [6.07, 6.45) is 1.72.